The Labute approximate surface area is 96.4 Å². The number of hydrogen-bond donors (Lipinski definition) is 0. The van der Waals surface area contributed by atoms with Crippen LogP contribution in [0.3, 0.4) is 0 Å². The Hall–Kier alpha value is -1.51. The highest BCUT2D eigenvalue weighted by molar-refractivity contribution is 5.89. The molecule has 16 heavy (non-hydrogen) atoms. The van der Waals surface area contributed by atoms with E-state index >= 15 is 0 Å². The summed E-state index contributed by atoms with van der Waals surface area (Å²) in [6.07, 6.45) is 1.00. The number of esters is 1. The molecule has 1 aromatic carbocycles. The first kappa shape index (κ1) is 12.6. The van der Waals surface area contributed by atoms with Gasteiger partial charge in [0.15, 0.2) is 0 Å². The summed E-state index contributed by atoms with van der Waals surface area (Å²) in [7, 11) is 1.37. The molecular formula is C13H18O3. The molecule has 0 bridgehead atoms. The van der Waals surface area contributed by atoms with E-state index in [9.17, 15) is 4.79 Å². The zero-order chi connectivity index (χ0) is 12.0. The van der Waals surface area contributed by atoms with Gasteiger partial charge in [0.2, 0.25) is 0 Å². The van der Waals surface area contributed by atoms with Crippen molar-refractivity contribution in [2.75, 3.05) is 13.7 Å². The normalized spacial score (nSPS) is 10.2. The predicted molar refractivity (Wildman–Crippen MR) is 62.7 cm³/mol. The second kappa shape index (κ2) is 6.16. The molecule has 1 aromatic rings. The van der Waals surface area contributed by atoms with Gasteiger partial charge in [-0.3, -0.25) is 0 Å². The van der Waals surface area contributed by atoms with E-state index in [1.807, 2.05) is 6.07 Å². The Kier molecular flexibility index (Phi) is 4.83. The molecule has 0 saturated heterocycles. The lowest BCUT2D eigenvalue weighted by atomic mass is 10.1. The van der Waals surface area contributed by atoms with Crippen LogP contribution in [0.5, 0.6) is 5.75 Å². The van der Waals surface area contributed by atoms with Gasteiger partial charge in [-0.15, -0.1) is 0 Å². The van der Waals surface area contributed by atoms with Gasteiger partial charge in [0.05, 0.1) is 19.3 Å². The van der Waals surface area contributed by atoms with Gasteiger partial charge < -0.3 is 9.47 Å². The van der Waals surface area contributed by atoms with Crippen LogP contribution in [0.4, 0.5) is 0 Å². The number of benzene rings is 1. The average molecular weight is 222 g/mol. The van der Waals surface area contributed by atoms with Gasteiger partial charge in [0, 0.05) is 0 Å². The van der Waals surface area contributed by atoms with Crippen LogP contribution in [-0.2, 0) is 4.74 Å². The highest BCUT2D eigenvalue weighted by atomic mass is 16.5. The average Bonchev–Trinajstić information content (AvgIpc) is 2.28. The third-order valence-electron chi connectivity index (χ3n) is 2.22. The molecular weight excluding hydrogens is 204 g/mol. The molecule has 0 spiro atoms. The summed E-state index contributed by atoms with van der Waals surface area (Å²) in [5, 5.41) is 0. The monoisotopic (exact) mass is 222 g/mol. The summed E-state index contributed by atoms with van der Waals surface area (Å²) in [4.78, 5) is 11.3. The fourth-order valence-corrected chi connectivity index (χ4v) is 1.24. The summed E-state index contributed by atoms with van der Waals surface area (Å²) in [5.41, 5.74) is 0.518. The summed E-state index contributed by atoms with van der Waals surface area (Å²) >= 11 is 0. The largest absolute Gasteiger partial charge is 0.494 e. The quantitative estimate of drug-likeness (QED) is 0.718. The molecule has 0 fully saturated rings. The Balaban J connectivity index is 2.57. The Morgan fingerprint density at radius 1 is 1.38 bits per heavy atom. The first-order valence-corrected chi connectivity index (χ1v) is 5.44. The molecule has 0 aliphatic carbocycles. The molecule has 0 atom stereocenters. The minimum Gasteiger partial charge on any atom is -0.494 e. The Morgan fingerprint density at radius 3 is 2.75 bits per heavy atom. The molecule has 0 saturated carbocycles. The molecule has 3 heteroatoms. The SMILES string of the molecule is COC(=O)c1cccc(OCCC(C)C)c1. The zero-order valence-electron chi connectivity index (χ0n) is 10.0. The van der Waals surface area contributed by atoms with Crippen LogP contribution in [0.2, 0.25) is 0 Å². The van der Waals surface area contributed by atoms with Crippen LogP contribution in [-0.4, -0.2) is 19.7 Å². The molecule has 0 heterocycles. The van der Waals surface area contributed by atoms with Gasteiger partial charge in [-0.05, 0) is 30.5 Å². The Bertz CT molecular complexity index is 345. The van der Waals surface area contributed by atoms with Crippen molar-refractivity contribution in [1.29, 1.82) is 0 Å². The predicted octanol–water partition coefficient (Wildman–Crippen LogP) is 2.90. The molecule has 0 amide bonds. The van der Waals surface area contributed by atoms with Crippen LogP contribution in [0.1, 0.15) is 30.6 Å². The van der Waals surface area contributed by atoms with Crippen LogP contribution in [0.25, 0.3) is 0 Å². The first-order valence-electron chi connectivity index (χ1n) is 5.44. The van der Waals surface area contributed by atoms with Crippen molar-refractivity contribution in [2.45, 2.75) is 20.3 Å². The summed E-state index contributed by atoms with van der Waals surface area (Å²) < 4.78 is 10.2. The van der Waals surface area contributed by atoms with Gasteiger partial charge in [-0.1, -0.05) is 19.9 Å². The topological polar surface area (TPSA) is 35.5 Å². The number of rotatable bonds is 5. The summed E-state index contributed by atoms with van der Waals surface area (Å²) in [6.45, 7) is 4.96. The van der Waals surface area contributed by atoms with Gasteiger partial charge in [-0.25, -0.2) is 4.79 Å². The van der Waals surface area contributed by atoms with E-state index in [2.05, 4.69) is 18.6 Å². The van der Waals surface area contributed by atoms with Crippen LogP contribution in [0.15, 0.2) is 24.3 Å². The van der Waals surface area contributed by atoms with Gasteiger partial charge in [-0.2, -0.15) is 0 Å². The standard InChI is InChI=1S/C13H18O3/c1-10(2)7-8-16-12-6-4-5-11(9-12)13(14)15-3/h4-6,9-10H,7-8H2,1-3H3. The molecule has 0 unspecified atom stereocenters. The van der Waals surface area contributed by atoms with E-state index in [0.29, 0.717) is 23.8 Å². The number of hydrogen-bond acceptors (Lipinski definition) is 3. The van der Waals surface area contributed by atoms with E-state index in [-0.39, 0.29) is 5.97 Å². The smallest absolute Gasteiger partial charge is 0.337 e. The van der Waals surface area contributed by atoms with Crippen molar-refractivity contribution in [2.24, 2.45) is 5.92 Å². The van der Waals surface area contributed by atoms with E-state index in [1.165, 1.54) is 7.11 Å². The molecule has 0 aliphatic rings. The van der Waals surface area contributed by atoms with E-state index in [1.54, 1.807) is 18.2 Å². The van der Waals surface area contributed by atoms with Crippen molar-refractivity contribution in [3.63, 3.8) is 0 Å². The van der Waals surface area contributed by atoms with E-state index in [4.69, 9.17) is 4.74 Å². The van der Waals surface area contributed by atoms with Crippen molar-refractivity contribution < 1.29 is 14.3 Å². The molecule has 0 aromatic heterocycles. The van der Waals surface area contributed by atoms with Crippen LogP contribution >= 0.6 is 0 Å². The number of carbonyl (C=O) groups excluding carboxylic acids is 1. The molecule has 3 nitrogen and oxygen atoms in total. The van der Waals surface area contributed by atoms with Crippen molar-refractivity contribution in [1.82, 2.24) is 0 Å². The zero-order valence-corrected chi connectivity index (χ0v) is 10.0. The molecule has 88 valence electrons. The Morgan fingerprint density at radius 2 is 2.12 bits per heavy atom. The highest BCUT2D eigenvalue weighted by Crippen LogP contribution is 2.14. The van der Waals surface area contributed by atoms with Crippen molar-refractivity contribution >= 4 is 5.97 Å². The number of methoxy groups -OCH3 is 1. The third-order valence-corrected chi connectivity index (χ3v) is 2.22. The fraction of sp³-hybridized carbons (Fsp3) is 0.462. The minimum absolute atomic E-state index is 0.339. The lowest BCUT2D eigenvalue weighted by Crippen LogP contribution is -2.04. The second-order valence-corrected chi connectivity index (χ2v) is 4.05. The van der Waals surface area contributed by atoms with Gasteiger partial charge >= 0.3 is 5.97 Å². The van der Waals surface area contributed by atoms with Gasteiger partial charge in [0.25, 0.3) is 0 Å². The molecule has 0 aliphatic heterocycles. The summed E-state index contributed by atoms with van der Waals surface area (Å²) in [6, 6.07) is 7.04. The van der Waals surface area contributed by atoms with Crippen LogP contribution in [0, 0.1) is 5.92 Å². The van der Waals surface area contributed by atoms with Gasteiger partial charge in [0.1, 0.15) is 5.75 Å². The maximum atomic E-state index is 11.3. The van der Waals surface area contributed by atoms with Crippen molar-refractivity contribution in [3.05, 3.63) is 29.8 Å². The maximum absolute atomic E-state index is 11.3. The van der Waals surface area contributed by atoms with Crippen LogP contribution < -0.4 is 4.74 Å². The number of carbonyl (C=O) groups is 1. The number of ether oxygens (including phenoxy) is 2. The molecule has 0 N–H and O–H groups in total. The fourth-order valence-electron chi connectivity index (χ4n) is 1.24. The maximum Gasteiger partial charge on any atom is 0.337 e. The van der Waals surface area contributed by atoms with Crippen molar-refractivity contribution in [3.8, 4) is 5.75 Å². The lowest BCUT2D eigenvalue weighted by Gasteiger charge is -2.08. The highest BCUT2D eigenvalue weighted by Gasteiger charge is 2.06. The molecule has 1 rings (SSSR count). The molecule has 0 radical (unpaired) electrons. The summed E-state index contributed by atoms with van der Waals surface area (Å²) in [5.74, 6) is 0.988. The lowest BCUT2D eigenvalue weighted by molar-refractivity contribution is 0.0600. The first-order chi connectivity index (χ1) is 7.63. The van der Waals surface area contributed by atoms with E-state index < -0.39 is 0 Å². The second-order valence-electron chi connectivity index (χ2n) is 4.05. The third kappa shape index (κ3) is 3.93. The van der Waals surface area contributed by atoms with E-state index in [0.717, 1.165) is 6.42 Å². The minimum atomic E-state index is -0.339.